The van der Waals surface area contributed by atoms with Gasteiger partial charge in [0.15, 0.2) is 0 Å². The van der Waals surface area contributed by atoms with Crippen LogP contribution in [-0.4, -0.2) is 84.8 Å². The van der Waals surface area contributed by atoms with Crippen LogP contribution in [0.4, 0.5) is 0 Å². The summed E-state index contributed by atoms with van der Waals surface area (Å²) in [6.07, 6.45) is 0.106. The van der Waals surface area contributed by atoms with E-state index in [0.29, 0.717) is 55.9 Å². The van der Waals surface area contributed by atoms with Crippen molar-refractivity contribution in [3.8, 4) is 5.75 Å². The van der Waals surface area contributed by atoms with Gasteiger partial charge in [0.2, 0.25) is 5.91 Å². The molecule has 31 heavy (non-hydrogen) atoms. The summed E-state index contributed by atoms with van der Waals surface area (Å²) in [4.78, 5) is 33.5. The number of ether oxygens (including phenoxy) is 3. The van der Waals surface area contributed by atoms with Gasteiger partial charge in [-0.25, -0.2) is 4.98 Å². The van der Waals surface area contributed by atoms with Crippen molar-refractivity contribution >= 4 is 34.8 Å². The molecule has 1 aromatic carbocycles. The largest absolute Gasteiger partial charge is 0.490 e. The molecule has 0 aliphatic carbocycles. The molecule has 2 aliphatic heterocycles. The van der Waals surface area contributed by atoms with Gasteiger partial charge >= 0.3 is 0 Å². The van der Waals surface area contributed by atoms with E-state index in [9.17, 15) is 9.59 Å². The van der Waals surface area contributed by atoms with Crippen molar-refractivity contribution in [2.75, 3.05) is 52.6 Å². The minimum Gasteiger partial charge on any atom is -0.490 e. The number of morpholine rings is 2. The number of amides is 2. The minimum atomic E-state index is -0.971. The molecule has 0 saturated carbocycles. The van der Waals surface area contributed by atoms with E-state index in [1.54, 1.807) is 45.0 Å². The Morgan fingerprint density at radius 1 is 1.19 bits per heavy atom. The SMILES string of the molecule is O=C(C[C@@]1(COc2cccc(Cl)c2)CN(C(=O)c2cscn2)CCO1)N1CCOCC1. The molecule has 0 bridgehead atoms. The van der Waals surface area contributed by atoms with Crippen molar-refractivity contribution in [1.82, 2.24) is 14.8 Å². The number of carbonyl (C=O) groups excluding carboxylic acids is 2. The Morgan fingerprint density at radius 3 is 2.74 bits per heavy atom. The van der Waals surface area contributed by atoms with Crippen LogP contribution in [-0.2, 0) is 14.3 Å². The summed E-state index contributed by atoms with van der Waals surface area (Å²) < 4.78 is 17.5. The Labute approximate surface area is 189 Å². The molecule has 2 saturated heterocycles. The minimum absolute atomic E-state index is 0.0408. The molecule has 1 aromatic heterocycles. The molecule has 10 heteroatoms. The maximum Gasteiger partial charge on any atom is 0.273 e. The van der Waals surface area contributed by atoms with Gasteiger partial charge in [-0.1, -0.05) is 17.7 Å². The predicted molar refractivity (Wildman–Crippen MR) is 116 cm³/mol. The first-order chi connectivity index (χ1) is 15.0. The van der Waals surface area contributed by atoms with Gasteiger partial charge in [0, 0.05) is 30.0 Å². The fraction of sp³-hybridized carbons (Fsp3) is 0.476. The average molecular weight is 466 g/mol. The molecule has 8 nitrogen and oxygen atoms in total. The van der Waals surface area contributed by atoms with Crippen LogP contribution in [0.2, 0.25) is 5.02 Å². The smallest absolute Gasteiger partial charge is 0.273 e. The van der Waals surface area contributed by atoms with Crippen LogP contribution >= 0.6 is 22.9 Å². The summed E-state index contributed by atoms with van der Waals surface area (Å²) in [6, 6.07) is 7.06. The highest BCUT2D eigenvalue weighted by atomic mass is 35.5. The number of benzene rings is 1. The first-order valence-electron chi connectivity index (χ1n) is 10.1. The number of hydrogen-bond acceptors (Lipinski definition) is 7. The Bertz CT molecular complexity index is 906. The summed E-state index contributed by atoms with van der Waals surface area (Å²) in [5.41, 5.74) is 1.06. The van der Waals surface area contributed by atoms with Crippen molar-refractivity contribution in [3.63, 3.8) is 0 Å². The zero-order chi connectivity index (χ0) is 21.7. The Hall–Kier alpha value is -2.20. The normalized spacial score (nSPS) is 21.7. The molecule has 2 amide bonds. The van der Waals surface area contributed by atoms with Gasteiger partial charge in [-0.3, -0.25) is 9.59 Å². The maximum absolute atomic E-state index is 13.0. The molecule has 2 aromatic rings. The van der Waals surface area contributed by atoms with Crippen LogP contribution < -0.4 is 4.74 Å². The lowest BCUT2D eigenvalue weighted by atomic mass is 9.96. The van der Waals surface area contributed by atoms with Crippen LogP contribution in [0.25, 0.3) is 0 Å². The van der Waals surface area contributed by atoms with Gasteiger partial charge in [-0.15, -0.1) is 11.3 Å². The highest BCUT2D eigenvalue weighted by molar-refractivity contribution is 7.07. The Morgan fingerprint density at radius 2 is 2.00 bits per heavy atom. The van der Waals surface area contributed by atoms with Gasteiger partial charge in [0.25, 0.3) is 5.91 Å². The van der Waals surface area contributed by atoms with Crippen LogP contribution in [0.15, 0.2) is 35.2 Å². The number of thiazole rings is 1. The van der Waals surface area contributed by atoms with Crippen molar-refractivity contribution < 1.29 is 23.8 Å². The van der Waals surface area contributed by atoms with Crippen LogP contribution in [0, 0.1) is 0 Å². The van der Waals surface area contributed by atoms with Crippen LogP contribution in [0.3, 0.4) is 0 Å². The number of carbonyl (C=O) groups is 2. The fourth-order valence-electron chi connectivity index (χ4n) is 3.72. The molecule has 2 fully saturated rings. The van der Waals surface area contributed by atoms with Gasteiger partial charge in [-0.2, -0.15) is 0 Å². The van der Waals surface area contributed by atoms with E-state index in [-0.39, 0.29) is 31.4 Å². The molecule has 1 atom stereocenters. The lowest BCUT2D eigenvalue weighted by molar-refractivity contribution is -0.155. The van der Waals surface area contributed by atoms with E-state index < -0.39 is 5.60 Å². The molecule has 0 unspecified atom stereocenters. The third-order valence-electron chi connectivity index (χ3n) is 5.32. The lowest BCUT2D eigenvalue weighted by Gasteiger charge is -2.43. The second kappa shape index (κ2) is 9.95. The van der Waals surface area contributed by atoms with Gasteiger partial charge < -0.3 is 24.0 Å². The summed E-state index contributed by atoms with van der Waals surface area (Å²) in [6.45, 7) is 3.23. The van der Waals surface area contributed by atoms with Crippen LogP contribution in [0.1, 0.15) is 16.9 Å². The van der Waals surface area contributed by atoms with E-state index in [0.717, 1.165) is 0 Å². The third kappa shape index (κ3) is 5.54. The first kappa shape index (κ1) is 22.0. The number of nitrogens with zero attached hydrogens (tertiary/aromatic N) is 3. The number of aromatic nitrogens is 1. The molecule has 0 spiro atoms. The van der Waals surface area contributed by atoms with Gasteiger partial charge in [0.05, 0.1) is 38.3 Å². The van der Waals surface area contributed by atoms with E-state index in [1.807, 2.05) is 0 Å². The van der Waals surface area contributed by atoms with Gasteiger partial charge in [0.1, 0.15) is 23.7 Å². The van der Waals surface area contributed by atoms with Gasteiger partial charge in [-0.05, 0) is 18.2 Å². The number of rotatable bonds is 6. The lowest BCUT2D eigenvalue weighted by Crippen LogP contribution is -2.58. The molecule has 0 radical (unpaired) electrons. The van der Waals surface area contributed by atoms with Crippen molar-refractivity contribution in [3.05, 3.63) is 45.9 Å². The second-order valence-corrected chi connectivity index (χ2v) is 8.70. The topological polar surface area (TPSA) is 81.2 Å². The van der Waals surface area contributed by atoms with Crippen LogP contribution in [0.5, 0.6) is 5.75 Å². The quantitative estimate of drug-likeness (QED) is 0.651. The number of hydrogen-bond donors (Lipinski definition) is 0. The van der Waals surface area contributed by atoms with Crippen molar-refractivity contribution in [2.24, 2.45) is 0 Å². The summed E-state index contributed by atoms with van der Waals surface area (Å²) >= 11 is 7.44. The highest BCUT2D eigenvalue weighted by Crippen LogP contribution is 2.27. The summed E-state index contributed by atoms with van der Waals surface area (Å²) in [7, 11) is 0. The molecule has 2 aliphatic rings. The molecule has 4 rings (SSSR count). The van der Waals surface area contributed by atoms with E-state index in [4.69, 9.17) is 25.8 Å². The predicted octanol–water partition coefficient (Wildman–Crippen LogP) is 2.34. The van der Waals surface area contributed by atoms with E-state index in [2.05, 4.69) is 4.98 Å². The standard InChI is InChI=1S/C21H24ClN3O5S/c22-16-2-1-3-17(10-16)29-14-21(11-19(26)24-4-7-28-8-5-24)13-25(6-9-30-21)20(27)18-12-31-15-23-18/h1-3,10,12,15H,4-9,11,13-14H2/t21-/m0/s1. The highest BCUT2D eigenvalue weighted by Gasteiger charge is 2.42. The monoisotopic (exact) mass is 465 g/mol. The van der Waals surface area contributed by atoms with E-state index >= 15 is 0 Å². The third-order valence-corrected chi connectivity index (χ3v) is 6.14. The van der Waals surface area contributed by atoms with E-state index in [1.165, 1.54) is 11.3 Å². The number of halogens is 1. The molecular weight excluding hydrogens is 442 g/mol. The maximum atomic E-state index is 13.0. The first-order valence-corrected chi connectivity index (χ1v) is 11.4. The van der Waals surface area contributed by atoms with Crippen molar-refractivity contribution in [2.45, 2.75) is 12.0 Å². The Kier molecular flexibility index (Phi) is 7.06. The fourth-order valence-corrected chi connectivity index (χ4v) is 4.42. The molecule has 166 valence electrons. The molecule has 3 heterocycles. The zero-order valence-corrected chi connectivity index (χ0v) is 18.6. The average Bonchev–Trinajstić information content (AvgIpc) is 3.33. The van der Waals surface area contributed by atoms with Crippen molar-refractivity contribution in [1.29, 1.82) is 0 Å². The summed E-state index contributed by atoms with van der Waals surface area (Å²) in [5, 5.41) is 2.28. The molecular formula is C21H24ClN3O5S. The second-order valence-electron chi connectivity index (χ2n) is 7.55. The zero-order valence-electron chi connectivity index (χ0n) is 17.0. The molecule has 0 N–H and O–H groups in total. The summed E-state index contributed by atoms with van der Waals surface area (Å²) in [5.74, 6) is 0.369. The Balaban J connectivity index is 1.52.